The van der Waals surface area contributed by atoms with Crippen molar-refractivity contribution in [3.8, 4) is 0 Å². The molecule has 2 heterocycles. The Morgan fingerprint density at radius 2 is 2.21 bits per heavy atom. The third-order valence-electron chi connectivity index (χ3n) is 4.74. The van der Waals surface area contributed by atoms with Crippen LogP contribution in [0.4, 0.5) is 0 Å². The molecule has 1 saturated carbocycles. The summed E-state index contributed by atoms with van der Waals surface area (Å²) in [7, 11) is 0. The number of nitrogens with zero attached hydrogens (tertiary/aromatic N) is 2. The lowest BCUT2D eigenvalue weighted by atomic mass is 9.84. The average Bonchev–Trinajstić information content (AvgIpc) is 2.98. The van der Waals surface area contributed by atoms with Crippen LogP contribution in [0.2, 0.25) is 0 Å². The molecule has 0 amide bonds. The van der Waals surface area contributed by atoms with E-state index in [1.165, 1.54) is 37.8 Å². The number of ether oxygens (including phenoxy) is 1. The molecule has 1 aliphatic carbocycles. The second-order valence-electron chi connectivity index (χ2n) is 5.87. The average molecular weight is 263 g/mol. The van der Waals surface area contributed by atoms with Crippen molar-refractivity contribution in [2.24, 2.45) is 5.92 Å². The second-order valence-corrected chi connectivity index (χ2v) is 5.87. The zero-order valence-electron chi connectivity index (χ0n) is 11.8. The molecule has 2 fully saturated rings. The molecule has 1 unspecified atom stereocenters. The van der Waals surface area contributed by atoms with Crippen molar-refractivity contribution in [1.29, 1.82) is 0 Å². The van der Waals surface area contributed by atoms with Gasteiger partial charge in [-0.1, -0.05) is 13.3 Å². The highest BCUT2D eigenvalue weighted by atomic mass is 16.5. The predicted molar refractivity (Wildman–Crippen MR) is 75.1 cm³/mol. The molecule has 1 aromatic rings. The topological polar surface area (TPSA) is 39.1 Å². The zero-order chi connectivity index (χ0) is 13.1. The van der Waals surface area contributed by atoms with Crippen molar-refractivity contribution in [3.63, 3.8) is 0 Å². The maximum absolute atomic E-state index is 5.87. The molecule has 106 valence electrons. The Balaban J connectivity index is 1.69. The third kappa shape index (κ3) is 2.84. The smallest absolute Gasteiger partial charge is 0.111 e. The van der Waals surface area contributed by atoms with E-state index in [1.54, 1.807) is 0 Å². The minimum absolute atomic E-state index is 0.181. The van der Waals surface area contributed by atoms with Gasteiger partial charge in [0, 0.05) is 19.1 Å². The van der Waals surface area contributed by atoms with Crippen LogP contribution in [0.25, 0.3) is 0 Å². The van der Waals surface area contributed by atoms with Crippen LogP contribution >= 0.6 is 0 Å². The predicted octanol–water partition coefficient (Wildman–Crippen LogP) is 2.69. The van der Waals surface area contributed by atoms with Crippen LogP contribution in [0.5, 0.6) is 0 Å². The first-order valence-corrected chi connectivity index (χ1v) is 7.72. The lowest BCUT2D eigenvalue weighted by Crippen LogP contribution is -2.34. The van der Waals surface area contributed by atoms with E-state index in [1.807, 2.05) is 12.5 Å². The zero-order valence-corrected chi connectivity index (χ0v) is 11.8. The van der Waals surface area contributed by atoms with Crippen LogP contribution in [0.3, 0.4) is 0 Å². The van der Waals surface area contributed by atoms with Crippen molar-refractivity contribution < 1.29 is 4.74 Å². The van der Waals surface area contributed by atoms with Gasteiger partial charge < -0.3 is 14.6 Å². The molecule has 2 aliphatic rings. The van der Waals surface area contributed by atoms with Crippen LogP contribution < -0.4 is 5.32 Å². The van der Waals surface area contributed by atoms with E-state index in [-0.39, 0.29) is 6.10 Å². The fraction of sp³-hybridized carbons (Fsp3) is 0.800. The van der Waals surface area contributed by atoms with Gasteiger partial charge in [-0.05, 0) is 31.6 Å². The van der Waals surface area contributed by atoms with Gasteiger partial charge in [-0.15, -0.1) is 0 Å². The molecule has 0 spiro atoms. The van der Waals surface area contributed by atoms with Crippen molar-refractivity contribution in [2.75, 3.05) is 19.7 Å². The highest BCUT2D eigenvalue weighted by Crippen LogP contribution is 2.35. The van der Waals surface area contributed by atoms with Crippen molar-refractivity contribution in [1.82, 2.24) is 14.9 Å². The van der Waals surface area contributed by atoms with Crippen molar-refractivity contribution in [2.45, 2.75) is 51.2 Å². The molecule has 4 heteroatoms. The minimum Gasteiger partial charge on any atom is -0.369 e. The maximum atomic E-state index is 5.87. The van der Waals surface area contributed by atoms with Gasteiger partial charge in [-0.2, -0.15) is 0 Å². The SMILES string of the molecule is CCC1CCC(n2cncc2C2CNCCO2)CC1. The van der Waals surface area contributed by atoms with Crippen LogP contribution in [-0.2, 0) is 4.74 Å². The molecule has 1 aromatic heterocycles. The largest absolute Gasteiger partial charge is 0.369 e. The highest BCUT2D eigenvalue weighted by molar-refractivity contribution is 5.07. The molecule has 1 N–H and O–H groups in total. The lowest BCUT2D eigenvalue weighted by molar-refractivity contribution is 0.0212. The maximum Gasteiger partial charge on any atom is 0.111 e. The van der Waals surface area contributed by atoms with Crippen molar-refractivity contribution in [3.05, 3.63) is 18.2 Å². The first-order valence-electron chi connectivity index (χ1n) is 7.72. The Morgan fingerprint density at radius 1 is 1.37 bits per heavy atom. The molecule has 4 nitrogen and oxygen atoms in total. The quantitative estimate of drug-likeness (QED) is 0.911. The van der Waals surface area contributed by atoms with E-state index in [0.717, 1.165) is 25.6 Å². The monoisotopic (exact) mass is 263 g/mol. The molecular weight excluding hydrogens is 238 g/mol. The van der Waals surface area contributed by atoms with Gasteiger partial charge in [0.2, 0.25) is 0 Å². The van der Waals surface area contributed by atoms with Crippen LogP contribution in [0.15, 0.2) is 12.5 Å². The number of hydrogen-bond acceptors (Lipinski definition) is 3. The van der Waals surface area contributed by atoms with Gasteiger partial charge in [0.15, 0.2) is 0 Å². The van der Waals surface area contributed by atoms with E-state index in [4.69, 9.17) is 4.74 Å². The van der Waals surface area contributed by atoms with Crippen LogP contribution in [0, 0.1) is 5.92 Å². The minimum atomic E-state index is 0.181. The summed E-state index contributed by atoms with van der Waals surface area (Å²) >= 11 is 0. The summed E-state index contributed by atoms with van der Waals surface area (Å²) in [4.78, 5) is 4.37. The van der Waals surface area contributed by atoms with E-state index < -0.39 is 0 Å². The number of nitrogens with one attached hydrogen (secondary N) is 1. The molecule has 19 heavy (non-hydrogen) atoms. The van der Waals surface area contributed by atoms with E-state index in [0.29, 0.717) is 6.04 Å². The molecule has 1 aliphatic heterocycles. The summed E-state index contributed by atoms with van der Waals surface area (Å²) in [5.74, 6) is 0.941. The number of morpholine rings is 1. The highest BCUT2D eigenvalue weighted by Gasteiger charge is 2.26. The first kappa shape index (κ1) is 13.1. The van der Waals surface area contributed by atoms with Gasteiger partial charge in [-0.25, -0.2) is 4.98 Å². The summed E-state index contributed by atoms with van der Waals surface area (Å²) in [5, 5.41) is 3.40. The molecule has 0 bridgehead atoms. The molecular formula is C15H25N3O. The van der Waals surface area contributed by atoms with E-state index >= 15 is 0 Å². The van der Waals surface area contributed by atoms with E-state index in [2.05, 4.69) is 21.8 Å². The Hall–Kier alpha value is -0.870. The molecule has 1 saturated heterocycles. The summed E-state index contributed by atoms with van der Waals surface area (Å²) in [5.41, 5.74) is 1.26. The Kier molecular flexibility index (Phi) is 4.18. The first-order chi connectivity index (χ1) is 9.38. The second kappa shape index (κ2) is 6.06. The standard InChI is InChI=1S/C15H25N3O/c1-2-12-3-5-13(6-4-12)18-11-17-9-14(18)15-10-16-7-8-19-15/h9,11-13,15-16H,2-8,10H2,1H3. The van der Waals surface area contributed by atoms with Gasteiger partial charge in [0.1, 0.15) is 6.10 Å². The Labute approximate surface area is 115 Å². The fourth-order valence-corrected chi connectivity index (χ4v) is 3.46. The Bertz CT molecular complexity index is 390. The number of imidazole rings is 1. The molecule has 1 atom stereocenters. The van der Waals surface area contributed by atoms with Crippen molar-refractivity contribution >= 4 is 0 Å². The lowest BCUT2D eigenvalue weighted by Gasteiger charge is -2.32. The molecule has 3 rings (SSSR count). The number of aromatic nitrogens is 2. The van der Waals surface area contributed by atoms with E-state index in [9.17, 15) is 0 Å². The summed E-state index contributed by atoms with van der Waals surface area (Å²) in [6.45, 7) is 5.00. The summed E-state index contributed by atoms with van der Waals surface area (Å²) < 4.78 is 8.25. The van der Waals surface area contributed by atoms with Gasteiger partial charge in [0.05, 0.1) is 24.8 Å². The number of rotatable bonds is 3. The molecule has 0 radical (unpaired) electrons. The van der Waals surface area contributed by atoms with Crippen LogP contribution in [0.1, 0.15) is 56.9 Å². The van der Waals surface area contributed by atoms with Gasteiger partial charge >= 0.3 is 0 Å². The molecule has 0 aromatic carbocycles. The third-order valence-corrected chi connectivity index (χ3v) is 4.74. The normalized spacial score (nSPS) is 32.4. The van der Waals surface area contributed by atoms with Gasteiger partial charge in [0.25, 0.3) is 0 Å². The number of hydrogen-bond donors (Lipinski definition) is 1. The fourth-order valence-electron chi connectivity index (χ4n) is 3.46. The van der Waals surface area contributed by atoms with Gasteiger partial charge in [-0.3, -0.25) is 0 Å². The Morgan fingerprint density at radius 3 is 2.89 bits per heavy atom. The van der Waals surface area contributed by atoms with Crippen LogP contribution in [-0.4, -0.2) is 29.2 Å². The summed E-state index contributed by atoms with van der Waals surface area (Å²) in [6.07, 6.45) is 10.8. The summed E-state index contributed by atoms with van der Waals surface area (Å²) in [6, 6.07) is 0.630.